The van der Waals surface area contributed by atoms with Gasteiger partial charge in [-0.05, 0) is 63.9 Å². The molecule has 1 aromatic carbocycles. The van der Waals surface area contributed by atoms with Crippen LogP contribution in [0, 0.1) is 5.92 Å². The van der Waals surface area contributed by atoms with E-state index in [1.807, 2.05) is 38.2 Å². The molecular weight excluding hydrogens is 264 g/mol. The summed E-state index contributed by atoms with van der Waals surface area (Å²) in [5.74, 6) is 1.19. The molecule has 3 N–H and O–H groups in total. The highest BCUT2D eigenvalue weighted by Crippen LogP contribution is 2.34. The van der Waals surface area contributed by atoms with Crippen LogP contribution in [0.1, 0.15) is 38.4 Å². The average Bonchev–Trinajstić information content (AvgIpc) is 2.90. The molecule has 4 nitrogen and oxygen atoms in total. The van der Waals surface area contributed by atoms with Gasteiger partial charge in [-0.15, -0.1) is 0 Å². The number of nitrogens with one attached hydrogen (secondary N) is 2. The second-order valence-electron chi connectivity index (χ2n) is 6.15. The number of hydrogen-bond acceptors (Lipinski definition) is 3. The van der Waals surface area contributed by atoms with Gasteiger partial charge in [0.25, 0.3) is 0 Å². The minimum Gasteiger partial charge on any atom is -0.491 e. The fourth-order valence-electron chi connectivity index (χ4n) is 3.13. The average molecular weight is 288 g/mol. The maximum atomic E-state index is 10.7. The number of aliphatic hydroxyl groups excluding tert-OH is 1. The van der Waals surface area contributed by atoms with E-state index in [-0.39, 0.29) is 6.10 Å². The van der Waals surface area contributed by atoms with Crippen molar-refractivity contribution in [2.24, 2.45) is 5.92 Å². The topological polar surface area (TPSA) is 57.3 Å². The number of aliphatic hydroxyl groups is 1. The summed E-state index contributed by atoms with van der Waals surface area (Å²) in [6.45, 7) is 6.02. The quantitative estimate of drug-likeness (QED) is 0.810. The number of hydrogen-bond donors (Lipinski definition) is 3. The Morgan fingerprint density at radius 3 is 2.71 bits per heavy atom. The van der Waals surface area contributed by atoms with Crippen LogP contribution in [0.2, 0.25) is 0 Å². The van der Waals surface area contributed by atoms with Crippen LogP contribution in [0.15, 0.2) is 24.4 Å². The van der Waals surface area contributed by atoms with E-state index in [0.717, 1.165) is 48.1 Å². The first-order valence-corrected chi connectivity index (χ1v) is 7.81. The van der Waals surface area contributed by atoms with Gasteiger partial charge in [-0.25, -0.2) is 0 Å². The molecule has 21 heavy (non-hydrogen) atoms. The lowest BCUT2D eigenvalue weighted by Crippen LogP contribution is -2.30. The van der Waals surface area contributed by atoms with Crippen molar-refractivity contribution in [2.75, 3.05) is 13.1 Å². The molecule has 1 saturated heterocycles. The predicted molar refractivity (Wildman–Crippen MR) is 84.6 cm³/mol. The summed E-state index contributed by atoms with van der Waals surface area (Å²) in [5, 5.41) is 15.1. The molecule has 2 heterocycles. The summed E-state index contributed by atoms with van der Waals surface area (Å²) in [6.07, 6.45) is 3.73. The molecule has 0 radical (unpaired) electrons. The summed E-state index contributed by atoms with van der Waals surface area (Å²) in [4.78, 5) is 3.26. The molecule has 1 fully saturated rings. The van der Waals surface area contributed by atoms with Gasteiger partial charge in [0.05, 0.1) is 12.2 Å². The molecule has 1 aromatic heterocycles. The van der Waals surface area contributed by atoms with Crippen LogP contribution in [-0.4, -0.2) is 29.3 Å². The normalized spacial score (nSPS) is 18.3. The first-order valence-electron chi connectivity index (χ1n) is 7.81. The summed E-state index contributed by atoms with van der Waals surface area (Å²) in [7, 11) is 0. The second-order valence-corrected chi connectivity index (χ2v) is 6.15. The Balaban J connectivity index is 1.90. The van der Waals surface area contributed by atoms with Crippen LogP contribution in [0.5, 0.6) is 5.75 Å². The Kier molecular flexibility index (Phi) is 4.17. The fraction of sp³-hybridized carbons (Fsp3) is 0.529. The maximum absolute atomic E-state index is 10.7. The summed E-state index contributed by atoms with van der Waals surface area (Å²) < 4.78 is 5.77. The molecule has 114 valence electrons. The molecule has 2 aromatic rings. The van der Waals surface area contributed by atoms with Crippen LogP contribution in [0.4, 0.5) is 0 Å². The zero-order valence-electron chi connectivity index (χ0n) is 12.7. The van der Waals surface area contributed by atoms with Crippen LogP contribution < -0.4 is 10.1 Å². The molecule has 0 saturated carbocycles. The summed E-state index contributed by atoms with van der Waals surface area (Å²) >= 11 is 0. The van der Waals surface area contributed by atoms with Crippen LogP contribution in [0.25, 0.3) is 10.9 Å². The SMILES string of the molecule is CC(C)Oc1ccc2[nH]cc(C(O)C3CCNCC3)c2c1. The first-order chi connectivity index (χ1) is 10.1. The van der Waals surface area contributed by atoms with Gasteiger partial charge in [-0.2, -0.15) is 0 Å². The van der Waals surface area contributed by atoms with Crippen LogP contribution >= 0.6 is 0 Å². The van der Waals surface area contributed by atoms with Crippen molar-refractivity contribution in [1.82, 2.24) is 10.3 Å². The van der Waals surface area contributed by atoms with Crippen molar-refractivity contribution >= 4 is 10.9 Å². The van der Waals surface area contributed by atoms with E-state index in [2.05, 4.69) is 10.3 Å². The molecule has 0 spiro atoms. The van der Waals surface area contributed by atoms with Crippen molar-refractivity contribution in [1.29, 1.82) is 0 Å². The van der Waals surface area contributed by atoms with Gasteiger partial charge in [-0.3, -0.25) is 0 Å². The lowest BCUT2D eigenvalue weighted by molar-refractivity contribution is 0.0902. The van der Waals surface area contributed by atoms with Gasteiger partial charge < -0.3 is 20.1 Å². The Morgan fingerprint density at radius 1 is 1.24 bits per heavy atom. The summed E-state index contributed by atoms with van der Waals surface area (Å²) in [6, 6.07) is 6.02. The molecule has 3 rings (SSSR count). The number of aromatic amines is 1. The third-order valence-electron chi connectivity index (χ3n) is 4.21. The van der Waals surface area contributed by atoms with Crippen molar-refractivity contribution in [3.8, 4) is 5.75 Å². The van der Waals surface area contributed by atoms with E-state index in [0.29, 0.717) is 5.92 Å². The molecule has 1 atom stereocenters. The number of fused-ring (bicyclic) bond motifs is 1. The predicted octanol–water partition coefficient (Wildman–Crippen LogP) is 2.99. The lowest BCUT2D eigenvalue weighted by atomic mass is 9.88. The van der Waals surface area contributed by atoms with Crippen molar-refractivity contribution in [3.05, 3.63) is 30.0 Å². The number of ether oxygens (including phenoxy) is 1. The highest BCUT2D eigenvalue weighted by Gasteiger charge is 2.25. The molecule has 1 unspecified atom stereocenters. The Morgan fingerprint density at radius 2 is 2.00 bits per heavy atom. The molecular formula is C17H24N2O2. The van der Waals surface area contributed by atoms with E-state index in [9.17, 15) is 5.11 Å². The van der Waals surface area contributed by atoms with Gasteiger partial charge in [0.2, 0.25) is 0 Å². The highest BCUT2D eigenvalue weighted by molar-refractivity contribution is 5.85. The third kappa shape index (κ3) is 3.06. The Bertz CT molecular complexity index is 600. The first kappa shape index (κ1) is 14.4. The largest absolute Gasteiger partial charge is 0.491 e. The van der Waals surface area contributed by atoms with E-state index >= 15 is 0 Å². The molecule has 1 aliphatic rings. The molecule has 0 amide bonds. The number of piperidine rings is 1. The monoisotopic (exact) mass is 288 g/mol. The third-order valence-corrected chi connectivity index (χ3v) is 4.21. The van der Waals surface area contributed by atoms with Crippen molar-refractivity contribution < 1.29 is 9.84 Å². The number of benzene rings is 1. The van der Waals surface area contributed by atoms with Crippen molar-refractivity contribution in [2.45, 2.75) is 38.9 Å². The van der Waals surface area contributed by atoms with E-state index in [4.69, 9.17) is 4.74 Å². The second kappa shape index (κ2) is 6.08. The van der Waals surface area contributed by atoms with Crippen LogP contribution in [-0.2, 0) is 0 Å². The van der Waals surface area contributed by atoms with Gasteiger partial charge >= 0.3 is 0 Å². The highest BCUT2D eigenvalue weighted by atomic mass is 16.5. The summed E-state index contributed by atoms with van der Waals surface area (Å²) in [5.41, 5.74) is 2.04. The molecule has 4 heteroatoms. The standard InChI is InChI=1S/C17H24N2O2/c1-11(2)21-13-3-4-16-14(9-13)15(10-19-16)17(20)12-5-7-18-8-6-12/h3-4,9-12,17-20H,5-8H2,1-2H3. The Labute approximate surface area is 125 Å². The zero-order valence-corrected chi connectivity index (χ0v) is 12.7. The van der Waals surface area contributed by atoms with Gasteiger partial charge in [0.1, 0.15) is 5.75 Å². The smallest absolute Gasteiger partial charge is 0.120 e. The van der Waals surface area contributed by atoms with E-state index in [1.54, 1.807) is 0 Å². The minimum atomic E-state index is -0.407. The van der Waals surface area contributed by atoms with E-state index < -0.39 is 6.10 Å². The number of aromatic nitrogens is 1. The molecule has 0 aliphatic carbocycles. The van der Waals surface area contributed by atoms with Crippen molar-refractivity contribution in [3.63, 3.8) is 0 Å². The molecule has 0 bridgehead atoms. The number of H-pyrrole nitrogens is 1. The van der Waals surface area contributed by atoms with Crippen LogP contribution in [0.3, 0.4) is 0 Å². The Hall–Kier alpha value is -1.52. The van der Waals surface area contributed by atoms with Gasteiger partial charge in [0.15, 0.2) is 0 Å². The van der Waals surface area contributed by atoms with Gasteiger partial charge in [-0.1, -0.05) is 0 Å². The molecule has 1 aliphatic heterocycles. The number of rotatable bonds is 4. The van der Waals surface area contributed by atoms with E-state index in [1.165, 1.54) is 0 Å². The minimum absolute atomic E-state index is 0.152. The zero-order chi connectivity index (χ0) is 14.8. The fourth-order valence-corrected chi connectivity index (χ4v) is 3.13. The lowest BCUT2D eigenvalue weighted by Gasteiger charge is -2.27. The maximum Gasteiger partial charge on any atom is 0.120 e. The van der Waals surface area contributed by atoms with Gasteiger partial charge in [0, 0.05) is 22.7 Å².